The number of nitrogens with zero attached hydrogens (tertiary/aromatic N) is 1. The van der Waals surface area contributed by atoms with Crippen LogP contribution in [0.4, 0.5) is 0 Å². The summed E-state index contributed by atoms with van der Waals surface area (Å²) in [5.41, 5.74) is 2.81. The molecule has 0 amide bonds. The average molecular weight is 262 g/mol. The third-order valence-corrected chi connectivity index (χ3v) is 3.87. The van der Waals surface area contributed by atoms with Crippen LogP contribution in [0.1, 0.15) is 37.3 Å². The predicted molar refractivity (Wildman–Crippen MR) is 79.3 cm³/mol. The summed E-state index contributed by atoms with van der Waals surface area (Å²) in [4.78, 5) is 2.49. The molecule has 3 nitrogen and oxygen atoms in total. The summed E-state index contributed by atoms with van der Waals surface area (Å²) in [6.07, 6.45) is 1.18. The molecule has 3 heteroatoms. The van der Waals surface area contributed by atoms with Gasteiger partial charge in [0.15, 0.2) is 0 Å². The van der Waals surface area contributed by atoms with Gasteiger partial charge in [0, 0.05) is 32.2 Å². The van der Waals surface area contributed by atoms with Gasteiger partial charge in [0.05, 0.1) is 6.61 Å². The van der Waals surface area contributed by atoms with Crippen LogP contribution >= 0.6 is 0 Å². The predicted octanol–water partition coefficient (Wildman–Crippen LogP) is 1.97. The van der Waals surface area contributed by atoms with Gasteiger partial charge in [-0.05, 0) is 23.5 Å². The highest BCUT2D eigenvalue weighted by molar-refractivity contribution is 5.24. The van der Waals surface area contributed by atoms with Gasteiger partial charge in [0.2, 0.25) is 0 Å². The molecular formula is C16H26N2O. The number of aliphatic hydroxyl groups is 1. The number of rotatable bonds is 6. The Bertz CT molecular complexity index is 375. The number of hydrogen-bond acceptors (Lipinski definition) is 3. The zero-order valence-electron chi connectivity index (χ0n) is 12.1. The van der Waals surface area contributed by atoms with Crippen molar-refractivity contribution in [2.24, 2.45) is 0 Å². The van der Waals surface area contributed by atoms with Gasteiger partial charge < -0.3 is 10.4 Å². The molecule has 1 aromatic rings. The maximum absolute atomic E-state index is 8.82. The normalized spacial score (nSPS) is 20.3. The van der Waals surface area contributed by atoms with Crippen molar-refractivity contribution in [1.29, 1.82) is 0 Å². The highest BCUT2D eigenvalue weighted by atomic mass is 16.3. The Morgan fingerprint density at radius 2 is 2.05 bits per heavy atom. The fourth-order valence-corrected chi connectivity index (χ4v) is 2.68. The van der Waals surface area contributed by atoms with Gasteiger partial charge >= 0.3 is 0 Å². The first kappa shape index (κ1) is 14.5. The van der Waals surface area contributed by atoms with E-state index in [1.54, 1.807) is 0 Å². The molecule has 1 fully saturated rings. The van der Waals surface area contributed by atoms with Crippen molar-refractivity contribution >= 4 is 0 Å². The molecule has 0 radical (unpaired) electrons. The van der Waals surface area contributed by atoms with Crippen molar-refractivity contribution in [3.05, 3.63) is 35.4 Å². The lowest BCUT2D eigenvalue weighted by molar-refractivity contribution is 0.278. The summed E-state index contributed by atoms with van der Waals surface area (Å²) in [6.45, 7) is 8.67. The van der Waals surface area contributed by atoms with Gasteiger partial charge in [-0.3, -0.25) is 4.90 Å². The minimum Gasteiger partial charge on any atom is -0.395 e. The van der Waals surface area contributed by atoms with E-state index in [2.05, 4.69) is 48.3 Å². The van der Waals surface area contributed by atoms with E-state index in [-0.39, 0.29) is 6.61 Å². The fourth-order valence-electron chi connectivity index (χ4n) is 2.68. The summed E-state index contributed by atoms with van der Waals surface area (Å²) in [5, 5.41) is 12.2. The van der Waals surface area contributed by atoms with Crippen LogP contribution in [0.2, 0.25) is 0 Å². The van der Waals surface area contributed by atoms with E-state index in [4.69, 9.17) is 5.11 Å². The Kier molecular flexibility index (Phi) is 5.37. The smallest absolute Gasteiger partial charge is 0.0556 e. The summed E-state index contributed by atoms with van der Waals surface area (Å²) in [7, 11) is 0. The number of hydrogen-bond donors (Lipinski definition) is 2. The third-order valence-electron chi connectivity index (χ3n) is 3.87. The van der Waals surface area contributed by atoms with E-state index in [0.29, 0.717) is 18.5 Å². The molecule has 1 atom stereocenters. The molecule has 0 bridgehead atoms. The third kappa shape index (κ3) is 4.30. The lowest BCUT2D eigenvalue weighted by Gasteiger charge is -2.17. The Hall–Kier alpha value is -0.900. The Balaban J connectivity index is 1.82. The Labute approximate surface area is 116 Å². The van der Waals surface area contributed by atoms with Crippen molar-refractivity contribution in [1.82, 2.24) is 10.2 Å². The first-order valence-electron chi connectivity index (χ1n) is 7.34. The lowest BCUT2D eigenvalue weighted by Crippen LogP contribution is -2.34. The molecule has 1 aromatic carbocycles. The highest BCUT2D eigenvalue weighted by Gasteiger charge is 2.21. The summed E-state index contributed by atoms with van der Waals surface area (Å²) < 4.78 is 0. The summed E-state index contributed by atoms with van der Waals surface area (Å²) in [6, 6.07) is 9.55. The summed E-state index contributed by atoms with van der Waals surface area (Å²) in [5.74, 6) is 0.605. The molecule has 0 saturated carbocycles. The van der Waals surface area contributed by atoms with Crippen LogP contribution < -0.4 is 5.32 Å². The van der Waals surface area contributed by atoms with Crippen LogP contribution in [0, 0.1) is 0 Å². The molecular weight excluding hydrogens is 236 g/mol. The van der Waals surface area contributed by atoms with Gasteiger partial charge in [0.25, 0.3) is 0 Å². The van der Waals surface area contributed by atoms with Crippen LogP contribution in [0.5, 0.6) is 0 Å². The quantitative estimate of drug-likeness (QED) is 0.823. The molecule has 0 aliphatic carbocycles. The molecule has 1 aliphatic heterocycles. The van der Waals surface area contributed by atoms with Gasteiger partial charge in [-0.25, -0.2) is 0 Å². The average Bonchev–Trinajstić information content (AvgIpc) is 2.84. The van der Waals surface area contributed by atoms with Crippen molar-refractivity contribution in [3.63, 3.8) is 0 Å². The van der Waals surface area contributed by atoms with E-state index in [1.807, 2.05) is 0 Å². The zero-order valence-corrected chi connectivity index (χ0v) is 12.1. The van der Waals surface area contributed by atoms with Crippen LogP contribution in [0.3, 0.4) is 0 Å². The second-order valence-electron chi connectivity index (χ2n) is 5.79. The van der Waals surface area contributed by atoms with Crippen molar-refractivity contribution in [3.8, 4) is 0 Å². The second kappa shape index (κ2) is 7.04. The van der Waals surface area contributed by atoms with E-state index in [1.165, 1.54) is 17.5 Å². The molecule has 2 N–H and O–H groups in total. The number of aliphatic hydroxyl groups excluding tert-OH is 1. The standard InChI is InChI=1S/C16H26N2O/c1-13(2)15-5-3-14(4-6-15)11-18-9-7-16(12-18)17-8-10-19/h3-6,13,16-17,19H,7-12H2,1-2H3. The van der Waals surface area contributed by atoms with Gasteiger partial charge in [-0.15, -0.1) is 0 Å². The van der Waals surface area contributed by atoms with Gasteiger partial charge in [0.1, 0.15) is 0 Å². The first-order chi connectivity index (χ1) is 9.19. The number of benzene rings is 1. The molecule has 1 unspecified atom stereocenters. The van der Waals surface area contributed by atoms with Crippen LogP contribution in [-0.4, -0.2) is 42.3 Å². The minimum absolute atomic E-state index is 0.229. The molecule has 1 saturated heterocycles. The second-order valence-corrected chi connectivity index (χ2v) is 5.79. The molecule has 2 rings (SSSR count). The SMILES string of the molecule is CC(C)c1ccc(CN2CCC(NCCO)C2)cc1. The first-order valence-corrected chi connectivity index (χ1v) is 7.34. The largest absolute Gasteiger partial charge is 0.395 e. The molecule has 106 valence electrons. The van der Waals surface area contributed by atoms with E-state index >= 15 is 0 Å². The zero-order chi connectivity index (χ0) is 13.7. The van der Waals surface area contributed by atoms with Crippen LogP contribution in [0.15, 0.2) is 24.3 Å². The van der Waals surface area contributed by atoms with Crippen molar-refractivity contribution < 1.29 is 5.11 Å². The monoisotopic (exact) mass is 262 g/mol. The Morgan fingerprint density at radius 3 is 2.68 bits per heavy atom. The van der Waals surface area contributed by atoms with Crippen LogP contribution in [0.25, 0.3) is 0 Å². The van der Waals surface area contributed by atoms with Crippen molar-refractivity contribution in [2.45, 2.75) is 38.8 Å². The Morgan fingerprint density at radius 1 is 1.32 bits per heavy atom. The number of nitrogens with one attached hydrogen (secondary N) is 1. The van der Waals surface area contributed by atoms with Crippen molar-refractivity contribution in [2.75, 3.05) is 26.2 Å². The van der Waals surface area contributed by atoms with Crippen LogP contribution in [-0.2, 0) is 6.54 Å². The summed E-state index contributed by atoms with van der Waals surface area (Å²) >= 11 is 0. The molecule has 1 heterocycles. The van der Waals surface area contributed by atoms with Gasteiger partial charge in [-0.1, -0.05) is 38.1 Å². The molecule has 0 spiro atoms. The van der Waals surface area contributed by atoms with E-state index in [9.17, 15) is 0 Å². The highest BCUT2D eigenvalue weighted by Crippen LogP contribution is 2.17. The van der Waals surface area contributed by atoms with E-state index < -0.39 is 0 Å². The minimum atomic E-state index is 0.229. The van der Waals surface area contributed by atoms with Gasteiger partial charge in [-0.2, -0.15) is 0 Å². The topological polar surface area (TPSA) is 35.5 Å². The molecule has 0 aromatic heterocycles. The number of likely N-dealkylation sites (tertiary alicyclic amines) is 1. The maximum atomic E-state index is 8.82. The lowest BCUT2D eigenvalue weighted by atomic mass is 10.0. The maximum Gasteiger partial charge on any atom is 0.0556 e. The fraction of sp³-hybridized carbons (Fsp3) is 0.625. The molecule has 19 heavy (non-hydrogen) atoms. The van der Waals surface area contributed by atoms with E-state index in [0.717, 1.165) is 19.6 Å². The molecule has 1 aliphatic rings.